The van der Waals surface area contributed by atoms with Crippen LogP contribution < -0.4 is 15.5 Å². The topological polar surface area (TPSA) is 100 Å². The van der Waals surface area contributed by atoms with Crippen molar-refractivity contribution in [1.82, 2.24) is 10.7 Å². The quantitative estimate of drug-likeness (QED) is 0.505. The lowest BCUT2D eigenvalue weighted by Crippen LogP contribution is -2.34. The molecule has 0 aliphatic carbocycles. The molecule has 130 valence electrons. The number of nitrogens with one attached hydrogen (secondary N) is 2. The predicted octanol–water partition coefficient (Wildman–Crippen LogP) is 2.04. The van der Waals surface area contributed by atoms with E-state index < -0.39 is 5.91 Å². The summed E-state index contributed by atoms with van der Waals surface area (Å²) in [7, 11) is 1.44. The van der Waals surface area contributed by atoms with Gasteiger partial charge < -0.3 is 15.2 Å². The Bertz CT molecular complexity index is 808. The van der Waals surface area contributed by atoms with E-state index in [0.717, 1.165) is 4.47 Å². The van der Waals surface area contributed by atoms with Crippen LogP contribution in [0.4, 0.5) is 0 Å². The molecule has 0 atom stereocenters. The van der Waals surface area contributed by atoms with Crippen LogP contribution in [-0.2, 0) is 4.79 Å². The van der Waals surface area contributed by atoms with Crippen molar-refractivity contribution in [3.8, 4) is 11.5 Å². The third-order valence-corrected chi connectivity index (χ3v) is 3.63. The summed E-state index contributed by atoms with van der Waals surface area (Å²) in [6.07, 6.45) is 1.28. The molecule has 0 bridgehead atoms. The van der Waals surface area contributed by atoms with Gasteiger partial charge in [-0.25, -0.2) is 5.43 Å². The Morgan fingerprint density at radius 3 is 2.76 bits per heavy atom. The largest absolute Gasteiger partial charge is 0.504 e. The SMILES string of the molecule is COc1cccc(C=NNC(=O)CNC(=O)c2cccc(Br)c2)c1O. The van der Waals surface area contributed by atoms with E-state index in [1.54, 1.807) is 42.5 Å². The minimum Gasteiger partial charge on any atom is -0.504 e. The zero-order valence-electron chi connectivity index (χ0n) is 13.3. The first-order chi connectivity index (χ1) is 12.0. The molecule has 0 saturated carbocycles. The fourth-order valence-corrected chi connectivity index (χ4v) is 2.31. The van der Waals surface area contributed by atoms with Gasteiger partial charge in [0.2, 0.25) is 0 Å². The van der Waals surface area contributed by atoms with Crippen LogP contribution in [0.15, 0.2) is 52.0 Å². The number of para-hydroxylation sites is 1. The number of phenols is 1. The van der Waals surface area contributed by atoms with Crippen LogP contribution in [0.1, 0.15) is 15.9 Å². The molecule has 2 aromatic rings. The van der Waals surface area contributed by atoms with Crippen LogP contribution in [0.3, 0.4) is 0 Å². The maximum atomic E-state index is 11.9. The molecule has 2 amide bonds. The molecule has 0 aliphatic heterocycles. The number of rotatable bonds is 6. The van der Waals surface area contributed by atoms with Crippen molar-refractivity contribution in [3.63, 3.8) is 0 Å². The number of hydrazone groups is 1. The maximum absolute atomic E-state index is 11.9. The third kappa shape index (κ3) is 5.32. The first-order valence-corrected chi connectivity index (χ1v) is 8.02. The lowest BCUT2D eigenvalue weighted by Gasteiger charge is -2.06. The fraction of sp³-hybridized carbons (Fsp3) is 0.118. The molecule has 8 heteroatoms. The minimum atomic E-state index is -0.498. The second-order valence-electron chi connectivity index (χ2n) is 4.88. The van der Waals surface area contributed by atoms with Crippen molar-refractivity contribution in [2.24, 2.45) is 5.10 Å². The standard InChI is InChI=1S/C17H16BrN3O4/c1-25-14-7-3-5-12(16(14)23)9-20-21-15(22)10-19-17(24)11-4-2-6-13(18)8-11/h2-9,23H,10H2,1H3,(H,19,24)(H,21,22). The number of hydrogen-bond donors (Lipinski definition) is 3. The maximum Gasteiger partial charge on any atom is 0.259 e. The minimum absolute atomic E-state index is 0.0778. The highest BCUT2D eigenvalue weighted by Crippen LogP contribution is 2.27. The fourth-order valence-electron chi connectivity index (χ4n) is 1.91. The normalized spacial score (nSPS) is 10.5. The van der Waals surface area contributed by atoms with Crippen LogP contribution in [0.25, 0.3) is 0 Å². The molecule has 7 nitrogen and oxygen atoms in total. The molecule has 0 unspecified atom stereocenters. The van der Waals surface area contributed by atoms with E-state index in [4.69, 9.17) is 4.74 Å². The molecular weight excluding hydrogens is 390 g/mol. The van der Waals surface area contributed by atoms with Crippen molar-refractivity contribution in [2.75, 3.05) is 13.7 Å². The number of amides is 2. The Hall–Kier alpha value is -2.87. The number of hydrogen-bond acceptors (Lipinski definition) is 5. The Kier molecular flexibility index (Phi) is 6.53. The molecular formula is C17H16BrN3O4. The van der Waals surface area contributed by atoms with E-state index in [1.807, 2.05) is 0 Å². The summed E-state index contributed by atoms with van der Waals surface area (Å²) < 4.78 is 5.75. The van der Waals surface area contributed by atoms with Crippen molar-refractivity contribution < 1.29 is 19.4 Å². The van der Waals surface area contributed by atoms with Gasteiger partial charge in [0.1, 0.15) is 0 Å². The molecule has 0 spiro atoms. The van der Waals surface area contributed by atoms with E-state index in [0.29, 0.717) is 16.9 Å². The van der Waals surface area contributed by atoms with E-state index in [2.05, 4.69) is 31.8 Å². The highest BCUT2D eigenvalue weighted by atomic mass is 79.9. The summed E-state index contributed by atoms with van der Waals surface area (Å²) in [6, 6.07) is 11.7. The molecule has 2 rings (SSSR count). The molecule has 0 saturated heterocycles. The molecule has 0 radical (unpaired) electrons. The van der Waals surface area contributed by atoms with Gasteiger partial charge in [0.05, 0.1) is 19.9 Å². The van der Waals surface area contributed by atoms with Gasteiger partial charge in [0.15, 0.2) is 11.5 Å². The first-order valence-electron chi connectivity index (χ1n) is 7.23. The summed E-state index contributed by atoms with van der Waals surface area (Å²) in [5.41, 5.74) is 3.09. The van der Waals surface area contributed by atoms with Crippen LogP contribution in [0.2, 0.25) is 0 Å². The van der Waals surface area contributed by atoms with Crippen LogP contribution in [-0.4, -0.2) is 36.8 Å². The molecule has 25 heavy (non-hydrogen) atoms. The number of benzene rings is 2. The first kappa shape index (κ1) is 18.5. The van der Waals surface area contributed by atoms with Gasteiger partial charge in [-0.05, 0) is 30.3 Å². The number of phenolic OH excluding ortho intramolecular Hbond substituents is 1. The van der Waals surface area contributed by atoms with Gasteiger partial charge in [-0.15, -0.1) is 0 Å². The number of halogens is 1. The summed E-state index contributed by atoms with van der Waals surface area (Å²) in [5.74, 6) is -0.643. The summed E-state index contributed by atoms with van der Waals surface area (Å²) in [4.78, 5) is 23.6. The highest BCUT2D eigenvalue weighted by Gasteiger charge is 2.08. The Morgan fingerprint density at radius 1 is 1.28 bits per heavy atom. The van der Waals surface area contributed by atoms with Gasteiger partial charge in [-0.2, -0.15) is 5.10 Å². The summed E-state index contributed by atoms with van der Waals surface area (Å²) >= 11 is 3.28. The second kappa shape index (κ2) is 8.84. The predicted molar refractivity (Wildman–Crippen MR) is 96.9 cm³/mol. The van der Waals surface area contributed by atoms with Gasteiger partial charge in [-0.3, -0.25) is 9.59 Å². The molecule has 0 aromatic heterocycles. The number of ether oxygens (including phenoxy) is 1. The van der Waals surface area contributed by atoms with E-state index in [9.17, 15) is 14.7 Å². The Morgan fingerprint density at radius 2 is 2.04 bits per heavy atom. The van der Waals surface area contributed by atoms with E-state index in [1.165, 1.54) is 13.3 Å². The number of carbonyl (C=O) groups excluding carboxylic acids is 2. The van der Waals surface area contributed by atoms with Crippen LogP contribution >= 0.6 is 15.9 Å². The summed E-state index contributed by atoms with van der Waals surface area (Å²) in [6.45, 7) is -0.229. The smallest absolute Gasteiger partial charge is 0.259 e. The lowest BCUT2D eigenvalue weighted by molar-refractivity contribution is -0.120. The van der Waals surface area contributed by atoms with Crippen LogP contribution in [0.5, 0.6) is 11.5 Å². The van der Waals surface area contributed by atoms with Crippen molar-refractivity contribution >= 4 is 34.0 Å². The van der Waals surface area contributed by atoms with Crippen molar-refractivity contribution in [2.45, 2.75) is 0 Å². The third-order valence-electron chi connectivity index (χ3n) is 3.14. The van der Waals surface area contributed by atoms with Gasteiger partial charge in [-0.1, -0.05) is 28.1 Å². The van der Waals surface area contributed by atoms with Crippen molar-refractivity contribution in [3.05, 3.63) is 58.1 Å². The number of aromatic hydroxyl groups is 1. The number of carbonyl (C=O) groups is 2. The second-order valence-corrected chi connectivity index (χ2v) is 5.80. The number of methoxy groups -OCH3 is 1. The average Bonchev–Trinajstić information content (AvgIpc) is 2.61. The van der Waals surface area contributed by atoms with Crippen LogP contribution in [0, 0.1) is 0 Å². The van der Waals surface area contributed by atoms with Crippen molar-refractivity contribution in [1.29, 1.82) is 0 Å². The van der Waals surface area contributed by atoms with Gasteiger partial charge in [0, 0.05) is 15.6 Å². The average molecular weight is 406 g/mol. The molecule has 3 N–H and O–H groups in total. The summed E-state index contributed by atoms with van der Waals surface area (Å²) in [5, 5.41) is 16.1. The monoisotopic (exact) mass is 405 g/mol. The molecule has 2 aromatic carbocycles. The van der Waals surface area contributed by atoms with E-state index >= 15 is 0 Å². The van der Waals surface area contributed by atoms with E-state index in [-0.39, 0.29) is 18.2 Å². The lowest BCUT2D eigenvalue weighted by atomic mass is 10.2. The zero-order valence-corrected chi connectivity index (χ0v) is 14.9. The van der Waals surface area contributed by atoms with Gasteiger partial charge >= 0.3 is 0 Å². The number of nitrogens with zero attached hydrogens (tertiary/aromatic N) is 1. The molecule has 0 fully saturated rings. The zero-order chi connectivity index (χ0) is 18.2. The Balaban J connectivity index is 1.86. The highest BCUT2D eigenvalue weighted by molar-refractivity contribution is 9.10. The molecule has 0 aliphatic rings. The molecule has 0 heterocycles. The van der Waals surface area contributed by atoms with Gasteiger partial charge in [0.25, 0.3) is 11.8 Å². The Labute approximate surface area is 152 Å².